The van der Waals surface area contributed by atoms with Crippen molar-refractivity contribution in [1.29, 1.82) is 0 Å². The van der Waals surface area contributed by atoms with E-state index < -0.39 is 20.9 Å². The van der Waals surface area contributed by atoms with Crippen molar-refractivity contribution in [3.05, 3.63) is 25.3 Å². The first kappa shape index (κ1) is 11.3. The van der Waals surface area contributed by atoms with Crippen LogP contribution >= 0.6 is 8.60 Å². The van der Waals surface area contributed by atoms with Gasteiger partial charge in [0.05, 0.1) is 0 Å². The summed E-state index contributed by atoms with van der Waals surface area (Å²) in [7, 11) is -2.56. The zero-order valence-electron chi connectivity index (χ0n) is 6.21. The fourth-order valence-electron chi connectivity index (χ4n) is 0.368. The molecule has 68 valence electrons. The summed E-state index contributed by atoms with van der Waals surface area (Å²) in [4.78, 5) is 27.3. The summed E-state index contributed by atoms with van der Waals surface area (Å²) in [5, 5.41) is 0. The van der Waals surface area contributed by atoms with E-state index in [1.807, 2.05) is 0 Å². The molecule has 5 nitrogen and oxygen atoms in total. The third-order valence-electron chi connectivity index (χ3n) is 0.790. The smallest absolute Gasteiger partial charge is 0.332 e. The summed E-state index contributed by atoms with van der Waals surface area (Å²) in [6, 6.07) is 0. The average Bonchev–Trinajstić information content (AvgIpc) is 2.02. The second-order valence-corrected chi connectivity index (χ2v) is 2.32. The molecule has 0 radical (unpaired) electrons. The van der Waals surface area contributed by atoms with Crippen LogP contribution < -0.4 is 0 Å². The molecule has 1 unspecified atom stereocenters. The Labute approximate surface area is 70.9 Å². The van der Waals surface area contributed by atoms with Crippen LogP contribution in [0, 0.1) is 0 Å². The molecule has 0 saturated carbocycles. The van der Waals surface area contributed by atoms with E-state index in [0.29, 0.717) is 0 Å². The van der Waals surface area contributed by atoms with Gasteiger partial charge < -0.3 is 14.5 Å². The van der Waals surface area contributed by atoms with Crippen LogP contribution in [0.15, 0.2) is 25.3 Å². The second-order valence-electron chi connectivity index (χ2n) is 1.60. The van der Waals surface area contributed by atoms with Crippen LogP contribution in [0.5, 0.6) is 0 Å². The summed E-state index contributed by atoms with van der Waals surface area (Å²) in [6.45, 7) is 6.40. The number of carbonyl (C=O) groups excluding carboxylic acids is 1. The maximum absolute atomic E-state index is 10.5. The number of hydrogen-bond donors (Lipinski definition) is 2. The predicted molar refractivity (Wildman–Crippen MR) is 42.7 cm³/mol. The molecule has 0 rings (SSSR count). The van der Waals surface area contributed by atoms with Crippen LogP contribution in [0.3, 0.4) is 0 Å². The van der Waals surface area contributed by atoms with Crippen molar-refractivity contribution >= 4 is 14.6 Å². The molecule has 0 aromatic carbocycles. The molecule has 0 aromatic heterocycles. The van der Waals surface area contributed by atoms with Gasteiger partial charge in [0.15, 0.2) is 0 Å². The minimum atomic E-state index is -2.56. The van der Waals surface area contributed by atoms with Gasteiger partial charge in [-0.15, -0.1) is 0 Å². The predicted octanol–water partition coefficient (Wildman–Crippen LogP) is 0.456. The molecule has 0 aromatic rings. The number of carbonyl (C=O) groups is 1. The summed E-state index contributed by atoms with van der Waals surface area (Å²) in [6.07, 6.45) is 0.886. The van der Waals surface area contributed by atoms with E-state index in [9.17, 15) is 4.79 Å². The van der Waals surface area contributed by atoms with Gasteiger partial charge in [-0.3, -0.25) is 4.52 Å². The molecular weight excluding hydrogens is 183 g/mol. The first-order valence-electron chi connectivity index (χ1n) is 2.90. The van der Waals surface area contributed by atoms with E-state index in [4.69, 9.17) is 9.79 Å². The lowest BCUT2D eigenvalue weighted by Gasteiger charge is -2.12. The minimum Gasteiger partial charge on any atom is -0.428 e. The molecule has 0 aliphatic carbocycles. The maximum atomic E-state index is 10.5. The van der Waals surface area contributed by atoms with Crippen molar-refractivity contribution in [2.75, 3.05) is 0 Å². The van der Waals surface area contributed by atoms with Crippen molar-refractivity contribution in [2.45, 2.75) is 6.29 Å². The van der Waals surface area contributed by atoms with Crippen molar-refractivity contribution in [3.8, 4) is 0 Å². The highest BCUT2D eigenvalue weighted by Crippen LogP contribution is 2.27. The number of rotatable bonds is 5. The topological polar surface area (TPSA) is 76.0 Å². The largest absolute Gasteiger partial charge is 0.428 e. The molecular formula is C6H9O5P. The zero-order valence-corrected chi connectivity index (χ0v) is 7.11. The molecule has 0 aliphatic rings. The van der Waals surface area contributed by atoms with Crippen molar-refractivity contribution in [3.63, 3.8) is 0 Å². The number of ether oxygens (including phenoxy) is 1. The quantitative estimate of drug-likeness (QED) is 0.217. The molecule has 0 heterocycles. The second kappa shape index (κ2) is 5.85. The van der Waals surface area contributed by atoms with Gasteiger partial charge >= 0.3 is 14.6 Å². The number of esters is 1. The highest BCUT2D eigenvalue weighted by molar-refractivity contribution is 7.39. The molecule has 12 heavy (non-hydrogen) atoms. The first-order chi connectivity index (χ1) is 5.60. The normalized spacial score (nSPS) is 12.2. The van der Waals surface area contributed by atoms with Crippen LogP contribution in [0.2, 0.25) is 0 Å². The van der Waals surface area contributed by atoms with Crippen LogP contribution in [0.4, 0.5) is 0 Å². The van der Waals surface area contributed by atoms with E-state index >= 15 is 0 Å². The van der Waals surface area contributed by atoms with Gasteiger partial charge in [-0.1, -0.05) is 13.2 Å². The average molecular weight is 192 g/mol. The lowest BCUT2D eigenvalue weighted by Crippen LogP contribution is -2.15. The highest BCUT2D eigenvalue weighted by Gasteiger charge is 2.12. The molecule has 0 spiro atoms. The fourth-order valence-corrected chi connectivity index (χ4v) is 0.683. The van der Waals surface area contributed by atoms with Gasteiger partial charge in [0, 0.05) is 6.08 Å². The summed E-state index contributed by atoms with van der Waals surface area (Å²) in [5.41, 5.74) is 0. The van der Waals surface area contributed by atoms with Gasteiger partial charge in [-0.25, -0.2) is 4.79 Å². The Morgan fingerprint density at radius 1 is 1.50 bits per heavy atom. The van der Waals surface area contributed by atoms with Gasteiger partial charge in [0.25, 0.3) is 0 Å². The molecule has 0 aliphatic heterocycles. The molecule has 0 amide bonds. The third kappa shape index (κ3) is 4.98. The molecule has 0 bridgehead atoms. The van der Waals surface area contributed by atoms with E-state index in [1.54, 1.807) is 0 Å². The van der Waals surface area contributed by atoms with Gasteiger partial charge in [-0.2, -0.15) is 0 Å². The highest BCUT2D eigenvalue weighted by atomic mass is 31.2. The molecule has 0 saturated heterocycles. The van der Waals surface area contributed by atoms with Crippen LogP contribution in [-0.4, -0.2) is 22.0 Å². The van der Waals surface area contributed by atoms with Crippen LogP contribution in [-0.2, 0) is 14.1 Å². The van der Waals surface area contributed by atoms with Crippen LogP contribution in [0.25, 0.3) is 0 Å². The van der Waals surface area contributed by atoms with Gasteiger partial charge in [0.1, 0.15) is 0 Å². The first-order valence-corrected chi connectivity index (χ1v) is 4.07. The molecule has 0 fully saturated rings. The van der Waals surface area contributed by atoms with Crippen LogP contribution in [0.1, 0.15) is 0 Å². The van der Waals surface area contributed by atoms with E-state index in [2.05, 4.69) is 22.4 Å². The Bertz CT molecular complexity index is 179. The summed E-state index contributed by atoms with van der Waals surface area (Å²) in [5.74, 6) is -0.725. The molecule has 1 atom stereocenters. The van der Waals surface area contributed by atoms with Crippen molar-refractivity contribution in [1.82, 2.24) is 0 Å². The maximum Gasteiger partial charge on any atom is 0.332 e. The lowest BCUT2D eigenvalue weighted by molar-refractivity contribution is -0.151. The molecule has 6 heteroatoms. The number of hydrogen-bond acceptors (Lipinski definition) is 5. The Balaban J connectivity index is 3.90. The van der Waals surface area contributed by atoms with E-state index in [-0.39, 0.29) is 0 Å². The fraction of sp³-hybridized carbons (Fsp3) is 0.167. The standard InChI is InChI=1S/C6H9O5P/c1-3-5(7)10-6(4-2)11-12(8)9/h3-4,6,8-9H,1-2H2. The zero-order chi connectivity index (χ0) is 9.56. The van der Waals surface area contributed by atoms with Crippen molar-refractivity contribution < 1.29 is 23.8 Å². The Morgan fingerprint density at radius 3 is 2.42 bits per heavy atom. The minimum absolute atomic E-state index is 0.725. The van der Waals surface area contributed by atoms with Crippen molar-refractivity contribution in [2.24, 2.45) is 0 Å². The van der Waals surface area contributed by atoms with Gasteiger partial charge in [-0.05, 0) is 6.08 Å². The third-order valence-corrected chi connectivity index (χ3v) is 1.19. The molecule has 2 N–H and O–H groups in total. The Hall–Kier alpha value is -0.740. The Kier molecular flexibility index (Phi) is 5.49. The Morgan fingerprint density at radius 2 is 2.08 bits per heavy atom. The monoisotopic (exact) mass is 192 g/mol. The SMILES string of the molecule is C=CC(=O)OC(C=C)OP(O)O. The lowest BCUT2D eigenvalue weighted by atomic mass is 10.6. The van der Waals surface area contributed by atoms with E-state index in [0.717, 1.165) is 12.2 Å². The van der Waals surface area contributed by atoms with E-state index in [1.165, 1.54) is 0 Å². The van der Waals surface area contributed by atoms with Gasteiger partial charge in [0.2, 0.25) is 6.29 Å². The summed E-state index contributed by atoms with van der Waals surface area (Å²) >= 11 is 0. The summed E-state index contributed by atoms with van der Waals surface area (Å²) < 4.78 is 8.80.